The lowest BCUT2D eigenvalue weighted by Gasteiger charge is -2.11. The van der Waals surface area contributed by atoms with Gasteiger partial charge >= 0.3 is 0 Å². The van der Waals surface area contributed by atoms with Crippen LogP contribution in [0.15, 0.2) is 73.1 Å². The van der Waals surface area contributed by atoms with Gasteiger partial charge in [0.2, 0.25) is 0 Å². The second-order valence-electron chi connectivity index (χ2n) is 6.60. The van der Waals surface area contributed by atoms with E-state index in [2.05, 4.69) is 12.2 Å². The molecule has 0 aliphatic carbocycles. The zero-order chi connectivity index (χ0) is 19.4. The van der Waals surface area contributed by atoms with Gasteiger partial charge in [-0.15, -0.1) is 0 Å². The molecule has 3 rings (SSSR count). The Morgan fingerprint density at radius 2 is 1.67 bits per heavy atom. The van der Waals surface area contributed by atoms with Gasteiger partial charge in [0.1, 0.15) is 0 Å². The van der Waals surface area contributed by atoms with Crippen LogP contribution in [0.2, 0.25) is 0 Å². The predicted molar refractivity (Wildman–Crippen MR) is 116 cm³/mol. The Kier molecular flexibility index (Phi) is 5.67. The van der Waals surface area contributed by atoms with Gasteiger partial charge in [-0.3, -0.25) is 0 Å². The average molecular weight is 376 g/mol. The third-order valence-electron chi connectivity index (χ3n) is 4.46. The molecule has 0 saturated heterocycles. The van der Waals surface area contributed by atoms with Crippen molar-refractivity contribution in [3.8, 4) is 0 Å². The molecule has 27 heavy (non-hydrogen) atoms. The predicted octanol–water partition coefficient (Wildman–Crippen LogP) is 5.22. The summed E-state index contributed by atoms with van der Waals surface area (Å²) in [6.45, 7) is 6.10. The summed E-state index contributed by atoms with van der Waals surface area (Å²) >= 11 is 5.67. The molecule has 0 radical (unpaired) electrons. The highest BCUT2D eigenvalue weighted by atomic mass is 32.1. The molecule has 0 amide bonds. The van der Waals surface area contributed by atoms with Crippen LogP contribution in [0.1, 0.15) is 22.3 Å². The molecular weight excluding hydrogens is 352 g/mol. The van der Waals surface area contributed by atoms with E-state index in [0.717, 1.165) is 22.4 Å². The van der Waals surface area contributed by atoms with Crippen LogP contribution in [0.3, 0.4) is 0 Å². The van der Waals surface area contributed by atoms with Gasteiger partial charge in [0.15, 0.2) is 23.1 Å². The molecule has 1 heterocycles. The number of aliphatic hydroxyl groups is 1. The molecule has 3 nitrogen and oxygen atoms in total. The van der Waals surface area contributed by atoms with Crippen LogP contribution in [0.25, 0.3) is 11.5 Å². The van der Waals surface area contributed by atoms with E-state index in [0.29, 0.717) is 10.7 Å². The number of nitrogens with one attached hydrogen (secondary N) is 1. The Hall–Kier alpha value is -2.98. The Morgan fingerprint density at radius 3 is 2.33 bits per heavy atom. The van der Waals surface area contributed by atoms with Crippen molar-refractivity contribution in [1.29, 1.82) is 0 Å². The highest BCUT2D eigenvalue weighted by Crippen LogP contribution is 2.21. The van der Waals surface area contributed by atoms with E-state index in [4.69, 9.17) is 12.2 Å². The van der Waals surface area contributed by atoms with Crippen LogP contribution in [0.5, 0.6) is 0 Å². The molecule has 136 valence electrons. The van der Waals surface area contributed by atoms with Gasteiger partial charge in [-0.2, -0.15) is 4.57 Å². The van der Waals surface area contributed by atoms with E-state index in [9.17, 15) is 5.11 Å². The number of nitrogens with zero attached hydrogens (tertiary/aromatic N) is 1. The molecule has 0 spiro atoms. The fourth-order valence-electron chi connectivity index (χ4n) is 2.82. The largest absolute Gasteiger partial charge is 0.502 e. The molecule has 0 aliphatic heterocycles. The summed E-state index contributed by atoms with van der Waals surface area (Å²) in [7, 11) is 0. The first-order valence-corrected chi connectivity index (χ1v) is 9.22. The minimum Gasteiger partial charge on any atom is -0.502 e. The van der Waals surface area contributed by atoms with Crippen molar-refractivity contribution in [1.82, 2.24) is 0 Å². The fraction of sp³-hybridized carbons (Fsp3) is 0.130. The van der Waals surface area contributed by atoms with Crippen molar-refractivity contribution >= 4 is 34.3 Å². The normalized spacial score (nSPS) is 11.7. The average Bonchev–Trinajstić information content (AvgIpc) is 2.65. The minimum atomic E-state index is 0.141. The summed E-state index contributed by atoms with van der Waals surface area (Å²) in [6, 6.07) is 19.6. The van der Waals surface area contributed by atoms with Crippen LogP contribution < -0.4 is 9.88 Å². The summed E-state index contributed by atoms with van der Waals surface area (Å²) in [6.07, 6.45) is 3.84. The molecule has 4 heteroatoms. The summed E-state index contributed by atoms with van der Waals surface area (Å²) in [5, 5.41) is 14.3. The maximum absolute atomic E-state index is 11.1. The molecule has 0 atom stereocenters. The van der Waals surface area contributed by atoms with Gasteiger partial charge in [0.05, 0.1) is 0 Å². The highest BCUT2D eigenvalue weighted by molar-refractivity contribution is 7.81. The zero-order valence-electron chi connectivity index (χ0n) is 15.7. The third kappa shape index (κ3) is 4.41. The quantitative estimate of drug-likeness (QED) is 0.284. The summed E-state index contributed by atoms with van der Waals surface area (Å²) < 4.78 is 1.86. The number of aryl methyl sites for hydroxylation is 3. The van der Waals surface area contributed by atoms with Gasteiger partial charge in [-0.1, -0.05) is 42.5 Å². The number of benzene rings is 2. The van der Waals surface area contributed by atoms with Crippen molar-refractivity contribution in [3.63, 3.8) is 0 Å². The van der Waals surface area contributed by atoms with Crippen molar-refractivity contribution in [2.75, 3.05) is 5.32 Å². The van der Waals surface area contributed by atoms with Crippen molar-refractivity contribution in [2.45, 2.75) is 20.8 Å². The molecule has 2 aromatic carbocycles. The molecule has 3 aromatic rings. The van der Waals surface area contributed by atoms with E-state index in [1.807, 2.05) is 91.5 Å². The Labute approximate surface area is 165 Å². The summed E-state index contributed by atoms with van der Waals surface area (Å²) in [5.74, 6) is 0.141. The molecular formula is C23H23N2OS+. The topological polar surface area (TPSA) is 36.1 Å². The summed E-state index contributed by atoms with van der Waals surface area (Å²) in [5.41, 5.74) is 5.53. The van der Waals surface area contributed by atoms with Crippen molar-refractivity contribution < 1.29 is 9.67 Å². The summed E-state index contributed by atoms with van der Waals surface area (Å²) in [4.78, 5) is 0.451. The molecule has 0 saturated carbocycles. The van der Waals surface area contributed by atoms with Crippen molar-refractivity contribution in [3.05, 3.63) is 95.3 Å². The molecule has 1 aromatic heterocycles. The van der Waals surface area contributed by atoms with E-state index in [-0.39, 0.29) is 5.76 Å². The smallest absolute Gasteiger partial charge is 0.288 e. The maximum Gasteiger partial charge on any atom is 0.288 e. The van der Waals surface area contributed by atoms with Crippen LogP contribution in [-0.4, -0.2) is 10.1 Å². The van der Waals surface area contributed by atoms with Gasteiger partial charge in [0, 0.05) is 22.9 Å². The zero-order valence-corrected chi connectivity index (χ0v) is 16.5. The van der Waals surface area contributed by atoms with E-state index >= 15 is 0 Å². The Morgan fingerprint density at radius 1 is 0.926 bits per heavy atom. The second kappa shape index (κ2) is 8.14. The molecule has 0 fully saturated rings. The van der Waals surface area contributed by atoms with Gasteiger partial charge in [0.25, 0.3) is 5.70 Å². The lowest BCUT2D eigenvalue weighted by Crippen LogP contribution is -2.38. The van der Waals surface area contributed by atoms with Gasteiger partial charge in [-0.05, 0) is 56.2 Å². The van der Waals surface area contributed by atoms with Crippen LogP contribution >= 0.6 is 12.2 Å². The SMILES string of the molecule is Cc1ccc[n+](/C(C(=S)Nc2ccccc2)=C(\O)c2ccc(C)c(C)c2)c1. The molecule has 2 N–H and O–H groups in total. The molecule has 0 aliphatic rings. The number of anilines is 1. The lowest BCUT2D eigenvalue weighted by molar-refractivity contribution is -0.576. The second-order valence-corrected chi connectivity index (χ2v) is 7.01. The van der Waals surface area contributed by atoms with Crippen LogP contribution in [0, 0.1) is 20.8 Å². The van der Waals surface area contributed by atoms with Gasteiger partial charge in [-0.25, -0.2) is 0 Å². The van der Waals surface area contributed by atoms with E-state index in [1.165, 1.54) is 5.56 Å². The number of hydrogen-bond donors (Lipinski definition) is 2. The number of para-hydroxylation sites is 1. The number of aromatic nitrogens is 1. The standard InChI is InChI=1S/C23H22N2OS/c1-16-8-7-13-25(15-16)21(23(27)24-20-9-5-4-6-10-20)22(26)19-12-11-17(2)18(3)14-19/h4-15H,1-3H3,(H-,24,26,27)/p+1. The Balaban J connectivity index is 2.11. The van der Waals surface area contributed by atoms with Crippen molar-refractivity contribution in [2.24, 2.45) is 0 Å². The monoisotopic (exact) mass is 375 g/mol. The first-order chi connectivity index (χ1) is 13.0. The minimum absolute atomic E-state index is 0.141. The Bertz CT molecular complexity index is 1010. The fourth-order valence-corrected chi connectivity index (χ4v) is 3.14. The number of hydrogen-bond acceptors (Lipinski definition) is 2. The first-order valence-electron chi connectivity index (χ1n) is 8.81. The number of pyridine rings is 1. The van der Waals surface area contributed by atoms with E-state index in [1.54, 1.807) is 0 Å². The van der Waals surface area contributed by atoms with E-state index < -0.39 is 0 Å². The maximum atomic E-state index is 11.1. The number of aliphatic hydroxyl groups excluding tert-OH is 1. The number of rotatable bonds is 4. The van der Waals surface area contributed by atoms with Gasteiger partial charge < -0.3 is 10.4 Å². The highest BCUT2D eigenvalue weighted by Gasteiger charge is 2.24. The van der Waals surface area contributed by atoms with Crippen LogP contribution in [0.4, 0.5) is 5.69 Å². The number of thiocarbonyl (C=S) groups is 1. The lowest BCUT2D eigenvalue weighted by atomic mass is 10.0. The molecule has 0 bridgehead atoms. The first kappa shape index (κ1) is 18.8. The van der Waals surface area contributed by atoms with Crippen LogP contribution in [-0.2, 0) is 0 Å². The third-order valence-corrected chi connectivity index (χ3v) is 4.75. The molecule has 0 unspecified atom stereocenters.